The largest absolute Gasteiger partial charge is 0.368 e. The molecule has 0 aliphatic carbocycles. The van der Waals surface area contributed by atoms with Crippen LogP contribution in [0.25, 0.3) is 0 Å². The molecule has 1 unspecified atom stereocenters. The highest BCUT2D eigenvalue weighted by Crippen LogP contribution is 2.06. The Morgan fingerprint density at radius 1 is 1.33 bits per heavy atom. The van der Waals surface area contributed by atoms with Gasteiger partial charge in [0, 0.05) is 0 Å². The van der Waals surface area contributed by atoms with E-state index in [0.29, 0.717) is 6.10 Å². The van der Waals surface area contributed by atoms with Gasteiger partial charge >= 0.3 is 0 Å². The summed E-state index contributed by atoms with van der Waals surface area (Å²) in [6.07, 6.45) is 1.36. The van der Waals surface area contributed by atoms with Crippen molar-refractivity contribution in [2.24, 2.45) is 0 Å². The third-order valence-electron chi connectivity index (χ3n) is 1.81. The van der Waals surface area contributed by atoms with Crippen molar-refractivity contribution in [2.45, 2.75) is 26.4 Å². The predicted octanol–water partition coefficient (Wildman–Crippen LogP) is 3.01. The zero-order valence-electron chi connectivity index (χ0n) is 7.66. The molecule has 0 spiro atoms. The van der Waals surface area contributed by atoms with E-state index in [1.54, 1.807) is 0 Å². The molecule has 0 N–H and O–H groups in total. The lowest BCUT2D eigenvalue weighted by atomic mass is 10.2. The zero-order valence-corrected chi connectivity index (χ0v) is 7.66. The molecule has 1 atom stereocenters. The molecule has 1 rings (SSSR count). The van der Waals surface area contributed by atoms with Crippen LogP contribution in [-0.4, -0.2) is 6.10 Å². The van der Waals surface area contributed by atoms with Crippen molar-refractivity contribution in [3.63, 3.8) is 0 Å². The van der Waals surface area contributed by atoms with Gasteiger partial charge < -0.3 is 4.74 Å². The van der Waals surface area contributed by atoms with E-state index in [9.17, 15) is 0 Å². The minimum absolute atomic E-state index is 0.310. The number of ether oxygens (including phenoxy) is 1. The maximum Gasteiger partial charge on any atom is 0.113 e. The molecule has 0 bridgehead atoms. The first-order chi connectivity index (χ1) is 5.83. The van der Waals surface area contributed by atoms with Gasteiger partial charge in [-0.1, -0.05) is 37.3 Å². The normalized spacial score (nSPS) is 12.8. The molecule has 0 aliphatic heterocycles. The number of rotatable bonds is 4. The van der Waals surface area contributed by atoms with Crippen molar-refractivity contribution >= 4 is 0 Å². The Kier molecular flexibility index (Phi) is 3.81. The van der Waals surface area contributed by atoms with Gasteiger partial charge in [-0.3, -0.25) is 0 Å². The van der Waals surface area contributed by atoms with E-state index in [1.165, 1.54) is 0 Å². The average molecular weight is 163 g/mol. The zero-order chi connectivity index (χ0) is 8.81. The first-order valence-electron chi connectivity index (χ1n) is 4.36. The van der Waals surface area contributed by atoms with Crippen LogP contribution in [-0.2, 0) is 4.74 Å². The molecular formula is C11H15O. The van der Waals surface area contributed by atoms with Crippen molar-refractivity contribution in [1.29, 1.82) is 0 Å². The van der Waals surface area contributed by atoms with Crippen LogP contribution in [0.5, 0.6) is 0 Å². The van der Waals surface area contributed by atoms with E-state index in [-0.39, 0.29) is 0 Å². The molecule has 1 nitrogen and oxygen atoms in total. The van der Waals surface area contributed by atoms with Gasteiger partial charge in [-0.15, -0.1) is 0 Å². The molecule has 1 aromatic rings. The Bertz CT molecular complexity index is 206. The van der Waals surface area contributed by atoms with Crippen LogP contribution >= 0.6 is 0 Å². The summed E-state index contributed by atoms with van der Waals surface area (Å²) >= 11 is 0. The first-order valence-corrected chi connectivity index (χ1v) is 4.36. The fourth-order valence-corrected chi connectivity index (χ4v) is 0.823. The maximum atomic E-state index is 5.45. The van der Waals surface area contributed by atoms with Crippen LogP contribution in [0.15, 0.2) is 30.3 Å². The summed E-state index contributed by atoms with van der Waals surface area (Å²) in [5.74, 6) is 0. The van der Waals surface area contributed by atoms with Crippen molar-refractivity contribution in [3.8, 4) is 0 Å². The second-order valence-electron chi connectivity index (χ2n) is 2.88. The molecule has 0 aliphatic rings. The molecule has 0 aromatic heterocycles. The molecule has 0 saturated carbocycles. The van der Waals surface area contributed by atoms with Gasteiger partial charge in [0.25, 0.3) is 0 Å². The fourth-order valence-electron chi connectivity index (χ4n) is 0.823. The molecule has 65 valence electrons. The average Bonchev–Trinajstić information content (AvgIpc) is 2.16. The summed E-state index contributed by atoms with van der Waals surface area (Å²) in [5, 5.41) is 0. The standard InChI is InChI=1S/C11H15O/c1-3-10(2)12-9-11-7-5-4-6-8-11/h4-10H,3H2,1-2H3. The molecule has 0 saturated heterocycles. The lowest BCUT2D eigenvalue weighted by Crippen LogP contribution is -2.04. The predicted molar refractivity (Wildman–Crippen MR) is 50.7 cm³/mol. The summed E-state index contributed by atoms with van der Waals surface area (Å²) in [5.41, 5.74) is 1.12. The van der Waals surface area contributed by atoms with Crippen LogP contribution in [0.4, 0.5) is 0 Å². The molecular weight excluding hydrogens is 148 g/mol. The van der Waals surface area contributed by atoms with Crippen LogP contribution < -0.4 is 0 Å². The fraction of sp³-hybridized carbons (Fsp3) is 0.364. The smallest absolute Gasteiger partial charge is 0.113 e. The van der Waals surface area contributed by atoms with Gasteiger partial charge in [0.15, 0.2) is 0 Å². The Morgan fingerprint density at radius 3 is 2.58 bits per heavy atom. The van der Waals surface area contributed by atoms with Crippen molar-refractivity contribution in [1.82, 2.24) is 0 Å². The lowest BCUT2D eigenvalue weighted by Gasteiger charge is -2.08. The van der Waals surface area contributed by atoms with Crippen LogP contribution in [0.3, 0.4) is 0 Å². The van der Waals surface area contributed by atoms with Gasteiger partial charge in [-0.2, -0.15) is 0 Å². The van der Waals surface area contributed by atoms with E-state index < -0.39 is 0 Å². The van der Waals surface area contributed by atoms with Gasteiger partial charge in [-0.25, -0.2) is 0 Å². The second kappa shape index (κ2) is 4.94. The molecule has 1 aromatic carbocycles. The third kappa shape index (κ3) is 3.05. The van der Waals surface area contributed by atoms with Gasteiger partial charge in [-0.05, 0) is 18.9 Å². The topological polar surface area (TPSA) is 9.23 Å². The molecule has 1 radical (unpaired) electrons. The SMILES string of the molecule is CCC(C)O[CH]c1ccccc1. The van der Waals surface area contributed by atoms with Gasteiger partial charge in [0.1, 0.15) is 6.61 Å². The van der Waals surface area contributed by atoms with Gasteiger partial charge in [0.05, 0.1) is 6.10 Å². The minimum Gasteiger partial charge on any atom is -0.368 e. The van der Waals surface area contributed by atoms with E-state index in [0.717, 1.165) is 12.0 Å². The van der Waals surface area contributed by atoms with E-state index >= 15 is 0 Å². The molecule has 1 heteroatoms. The van der Waals surface area contributed by atoms with Crippen LogP contribution in [0.2, 0.25) is 0 Å². The first kappa shape index (κ1) is 9.27. The lowest BCUT2D eigenvalue weighted by molar-refractivity contribution is 0.128. The Morgan fingerprint density at radius 2 is 2.00 bits per heavy atom. The quantitative estimate of drug-likeness (QED) is 0.663. The molecule has 0 fully saturated rings. The molecule has 0 amide bonds. The molecule has 0 heterocycles. The van der Waals surface area contributed by atoms with Crippen LogP contribution in [0.1, 0.15) is 25.8 Å². The Labute approximate surface area is 74.4 Å². The van der Waals surface area contributed by atoms with E-state index in [4.69, 9.17) is 4.74 Å². The number of benzene rings is 1. The number of hydrogen-bond acceptors (Lipinski definition) is 1. The number of hydrogen-bond donors (Lipinski definition) is 0. The minimum atomic E-state index is 0.310. The highest BCUT2D eigenvalue weighted by Gasteiger charge is 1.98. The molecule has 12 heavy (non-hydrogen) atoms. The summed E-state index contributed by atoms with van der Waals surface area (Å²) in [6.45, 7) is 6.00. The third-order valence-corrected chi connectivity index (χ3v) is 1.81. The monoisotopic (exact) mass is 163 g/mol. The highest BCUT2D eigenvalue weighted by atomic mass is 16.5. The van der Waals surface area contributed by atoms with Crippen molar-refractivity contribution in [3.05, 3.63) is 42.5 Å². The summed E-state index contributed by atoms with van der Waals surface area (Å²) in [7, 11) is 0. The van der Waals surface area contributed by atoms with E-state index in [2.05, 4.69) is 13.8 Å². The van der Waals surface area contributed by atoms with Crippen LogP contribution in [0, 0.1) is 6.61 Å². The Balaban J connectivity index is 2.33. The van der Waals surface area contributed by atoms with E-state index in [1.807, 2.05) is 36.9 Å². The highest BCUT2D eigenvalue weighted by molar-refractivity contribution is 5.19. The second-order valence-corrected chi connectivity index (χ2v) is 2.88. The maximum absolute atomic E-state index is 5.45. The summed E-state index contributed by atoms with van der Waals surface area (Å²) in [6, 6.07) is 10.1. The Hall–Kier alpha value is -0.820. The van der Waals surface area contributed by atoms with Crippen molar-refractivity contribution < 1.29 is 4.74 Å². The summed E-state index contributed by atoms with van der Waals surface area (Å²) < 4.78 is 5.45. The van der Waals surface area contributed by atoms with Gasteiger partial charge in [0.2, 0.25) is 0 Å². The van der Waals surface area contributed by atoms with Crippen molar-refractivity contribution in [2.75, 3.05) is 0 Å². The summed E-state index contributed by atoms with van der Waals surface area (Å²) in [4.78, 5) is 0.